The maximum Gasteiger partial charge on any atom is 0.332 e. The first-order valence-electron chi connectivity index (χ1n) is 4.56. The van der Waals surface area contributed by atoms with E-state index in [2.05, 4.69) is 4.74 Å². The zero-order chi connectivity index (χ0) is 11.3. The van der Waals surface area contributed by atoms with Crippen molar-refractivity contribution in [1.29, 1.82) is 0 Å². The van der Waals surface area contributed by atoms with Crippen LogP contribution in [0.4, 0.5) is 0 Å². The molecule has 0 N–H and O–H groups in total. The molecule has 0 fully saturated rings. The van der Waals surface area contributed by atoms with Gasteiger partial charge in [0.2, 0.25) is 0 Å². The number of Topliss-reactive ketones (excluding diaryl/α,β-unsaturated/α-hetero) is 1. The van der Waals surface area contributed by atoms with Crippen LogP contribution < -0.4 is 0 Å². The monoisotopic (exact) mass is 226 g/mol. The third-order valence-corrected chi connectivity index (χ3v) is 2.16. The fourth-order valence-electron chi connectivity index (χ4n) is 1.07. The zero-order valence-electron chi connectivity index (χ0n) is 8.27. The molecule has 0 heterocycles. The van der Waals surface area contributed by atoms with Crippen LogP contribution in [0.3, 0.4) is 0 Å². The smallest absolute Gasteiger partial charge is 0.332 e. The summed E-state index contributed by atoms with van der Waals surface area (Å²) in [6, 6.07) is 8.42. The third-order valence-electron chi connectivity index (χ3n) is 1.78. The second-order valence-corrected chi connectivity index (χ2v) is 3.28. The van der Waals surface area contributed by atoms with Crippen LogP contribution in [-0.4, -0.2) is 23.7 Å². The SMILES string of the molecule is CCOC(=O)[C@H](Cl)C(=O)c1ccccc1. The quantitative estimate of drug-likeness (QED) is 0.342. The maximum atomic E-state index is 11.6. The molecule has 0 aliphatic heterocycles. The van der Waals surface area contributed by atoms with Gasteiger partial charge >= 0.3 is 5.97 Å². The van der Waals surface area contributed by atoms with Gasteiger partial charge in [-0.25, -0.2) is 4.79 Å². The van der Waals surface area contributed by atoms with Gasteiger partial charge in [-0.1, -0.05) is 30.3 Å². The fourth-order valence-corrected chi connectivity index (χ4v) is 1.26. The lowest BCUT2D eigenvalue weighted by Crippen LogP contribution is -2.26. The predicted octanol–water partition coefficient (Wildman–Crippen LogP) is 2.04. The average Bonchev–Trinajstić information content (AvgIpc) is 2.28. The summed E-state index contributed by atoms with van der Waals surface area (Å²) in [5.41, 5.74) is 0.408. The number of rotatable bonds is 4. The minimum Gasteiger partial charge on any atom is -0.465 e. The Morgan fingerprint density at radius 1 is 1.33 bits per heavy atom. The molecule has 0 amide bonds. The Morgan fingerprint density at radius 2 is 1.93 bits per heavy atom. The number of hydrogen-bond acceptors (Lipinski definition) is 3. The van der Waals surface area contributed by atoms with Crippen LogP contribution in [0, 0.1) is 0 Å². The molecular formula is C11H11ClO3. The Kier molecular flexibility index (Phi) is 4.31. The molecular weight excluding hydrogens is 216 g/mol. The van der Waals surface area contributed by atoms with E-state index in [9.17, 15) is 9.59 Å². The molecule has 0 aromatic heterocycles. The highest BCUT2D eigenvalue weighted by Crippen LogP contribution is 2.09. The van der Waals surface area contributed by atoms with Crippen molar-refractivity contribution >= 4 is 23.4 Å². The first-order chi connectivity index (χ1) is 7.16. The second kappa shape index (κ2) is 5.51. The molecule has 1 rings (SSSR count). The Bertz CT molecular complexity index is 348. The second-order valence-electron chi connectivity index (χ2n) is 2.84. The van der Waals surface area contributed by atoms with E-state index in [1.54, 1.807) is 37.3 Å². The lowest BCUT2D eigenvalue weighted by Gasteiger charge is -2.07. The zero-order valence-corrected chi connectivity index (χ0v) is 9.03. The van der Waals surface area contributed by atoms with Crippen molar-refractivity contribution in [2.45, 2.75) is 12.3 Å². The van der Waals surface area contributed by atoms with Crippen molar-refractivity contribution in [2.75, 3.05) is 6.61 Å². The highest BCUT2D eigenvalue weighted by molar-refractivity contribution is 6.43. The van der Waals surface area contributed by atoms with Crippen molar-refractivity contribution in [2.24, 2.45) is 0 Å². The summed E-state index contributed by atoms with van der Waals surface area (Å²) < 4.78 is 4.65. The summed E-state index contributed by atoms with van der Waals surface area (Å²) in [6.45, 7) is 1.87. The van der Waals surface area contributed by atoms with Crippen LogP contribution in [0.15, 0.2) is 30.3 Å². The van der Waals surface area contributed by atoms with Gasteiger partial charge < -0.3 is 4.74 Å². The van der Waals surface area contributed by atoms with Gasteiger partial charge in [0, 0.05) is 5.56 Å². The number of ketones is 1. The molecule has 0 aliphatic rings. The molecule has 1 aromatic carbocycles. The van der Waals surface area contributed by atoms with E-state index < -0.39 is 17.1 Å². The minimum atomic E-state index is -1.26. The summed E-state index contributed by atoms with van der Waals surface area (Å²) in [4.78, 5) is 22.8. The Balaban J connectivity index is 2.73. The number of carbonyl (C=O) groups excluding carboxylic acids is 2. The first kappa shape index (κ1) is 11.7. The maximum absolute atomic E-state index is 11.6. The van der Waals surface area contributed by atoms with Crippen molar-refractivity contribution in [3.8, 4) is 0 Å². The van der Waals surface area contributed by atoms with Gasteiger partial charge in [0.1, 0.15) is 0 Å². The van der Waals surface area contributed by atoms with E-state index in [-0.39, 0.29) is 6.61 Å². The summed E-state index contributed by atoms with van der Waals surface area (Å²) in [5, 5.41) is -1.26. The standard InChI is InChI=1S/C11H11ClO3/c1-2-15-11(14)9(12)10(13)8-6-4-3-5-7-8/h3-7,9H,2H2,1H3/t9-/m1/s1. The molecule has 0 saturated carbocycles. The molecule has 80 valence electrons. The molecule has 0 aliphatic carbocycles. The lowest BCUT2D eigenvalue weighted by atomic mass is 10.1. The molecule has 0 spiro atoms. The van der Waals surface area contributed by atoms with Crippen LogP contribution in [0.25, 0.3) is 0 Å². The number of esters is 1. The molecule has 0 unspecified atom stereocenters. The molecule has 1 aromatic rings. The number of ether oxygens (including phenoxy) is 1. The summed E-state index contributed by atoms with van der Waals surface area (Å²) in [5.74, 6) is -1.14. The van der Waals surface area contributed by atoms with Crippen molar-refractivity contribution in [1.82, 2.24) is 0 Å². The van der Waals surface area contributed by atoms with Crippen LogP contribution in [0.1, 0.15) is 17.3 Å². The molecule has 0 saturated heterocycles. The lowest BCUT2D eigenvalue weighted by molar-refractivity contribution is -0.141. The number of alkyl halides is 1. The molecule has 1 atom stereocenters. The van der Waals surface area contributed by atoms with Gasteiger partial charge in [0.25, 0.3) is 0 Å². The Labute approximate surface area is 93.0 Å². The van der Waals surface area contributed by atoms with Gasteiger partial charge in [0.05, 0.1) is 6.61 Å². The Hall–Kier alpha value is -1.35. The van der Waals surface area contributed by atoms with E-state index in [1.807, 2.05) is 0 Å². The molecule has 4 heteroatoms. The van der Waals surface area contributed by atoms with Crippen LogP contribution in [-0.2, 0) is 9.53 Å². The number of hydrogen-bond donors (Lipinski definition) is 0. The number of halogens is 1. The van der Waals surface area contributed by atoms with Crippen LogP contribution in [0.5, 0.6) is 0 Å². The van der Waals surface area contributed by atoms with Gasteiger partial charge in [-0.3, -0.25) is 4.79 Å². The highest BCUT2D eigenvalue weighted by atomic mass is 35.5. The topological polar surface area (TPSA) is 43.4 Å². The Morgan fingerprint density at radius 3 is 2.47 bits per heavy atom. The van der Waals surface area contributed by atoms with Crippen LogP contribution in [0.2, 0.25) is 0 Å². The summed E-state index contributed by atoms with van der Waals surface area (Å²) in [7, 11) is 0. The van der Waals surface area contributed by atoms with Gasteiger partial charge in [-0.15, -0.1) is 11.6 Å². The van der Waals surface area contributed by atoms with E-state index in [4.69, 9.17) is 11.6 Å². The molecule has 0 radical (unpaired) electrons. The minimum absolute atomic E-state index is 0.212. The third kappa shape index (κ3) is 3.06. The summed E-state index contributed by atoms with van der Waals surface area (Å²) >= 11 is 5.67. The van der Waals surface area contributed by atoms with E-state index in [0.29, 0.717) is 5.56 Å². The average molecular weight is 227 g/mol. The van der Waals surface area contributed by atoms with Gasteiger partial charge in [-0.2, -0.15) is 0 Å². The van der Waals surface area contributed by atoms with Crippen molar-refractivity contribution in [3.63, 3.8) is 0 Å². The predicted molar refractivity (Wildman–Crippen MR) is 57.0 cm³/mol. The fraction of sp³-hybridized carbons (Fsp3) is 0.273. The molecule has 3 nitrogen and oxygen atoms in total. The van der Waals surface area contributed by atoms with Crippen molar-refractivity contribution < 1.29 is 14.3 Å². The van der Waals surface area contributed by atoms with E-state index >= 15 is 0 Å². The molecule has 15 heavy (non-hydrogen) atoms. The number of benzene rings is 1. The number of carbonyl (C=O) groups is 2. The summed E-state index contributed by atoms with van der Waals surface area (Å²) in [6.07, 6.45) is 0. The first-order valence-corrected chi connectivity index (χ1v) is 5.00. The largest absolute Gasteiger partial charge is 0.465 e. The van der Waals surface area contributed by atoms with E-state index in [1.165, 1.54) is 0 Å². The molecule has 0 bridgehead atoms. The van der Waals surface area contributed by atoms with Crippen molar-refractivity contribution in [3.05, 3.63) is 35.9 Å². The van der Waals surface area contributed by atoms with Gasteiger partial charge in [0.15, 0.2) is 11.2 Å². The highest BCUT2D eigenvalue weighted by Gasteiger charge is 2.25. The normalized spacial score (nSPS) is 11.9. The van der Waals surface area contributed by atoms with Crippen LogP contribution >= 0.6 is 11.6 Å². The van der Waals surface area contributed by atoms with E-state index in [0.717, 1.165) is 0 Å². The van der Waals surface area contributed by atoms with Gasteiger partial charge in [-0.05, 0) is 6.92 Å².